The van der Waals surface area contributed by atoms with Crippen LogP contribution in [0.2, 0.25) is 0 Å². The number of hydrogen-bond donors (Lipinski definition) is 2. The van der Waals surface area contributed by atoms with E-state index in [0.717, 1.165) is 12.5 Å². The van der Waals surface area contributed by atoms with Gasteiger partial charge in [0.1, 0.15) is 0 Å². The van der Waals surface area contributed by atoms with E-state index in [9.17, 15) is 0 Å². The third-order valence-electron chi connectivity index (χ3n) is 6.69. The molecule has 1 aliphatic heterocycles. The number of allylic oxidation sites excluding steroid dienone is 7. The molecule has 3 aliphatic rings. The van der Waals surface area contributed by atoms with E-state index in [1.807, 2.05) is 0 Å². The van der Waals surface area contributed by atoms with Crippen LogP contribution in [-0.2, 0) is 0 Å². The standard InChI is InChI=1S/C25H38N2/c1-4-8-22(16-26)20-11-13-21(14-12-20)24-15-23(17-27-25(24)18(2)3)19-9-6-5-7-10-19/h4-6,8,11,13,15-16,18-21,23,25,27H,7,9-10,12,14,17,26H2,1-3H3/b8-4-,22-16+. The first kappa shape index (κ1) is 20.2. The van der Waals surface area contributed by atoms with Gasteiger partial charge < -0.3 is 11.1 Å². The van der Waals surface area contributed by atoms with Crippen LogP contribution in [0.1, 0.15) is 52.9 Å². The third-order valence-corrected chi connectivity index (χ3v) is 6.69. The van der Waals surface area contributed by atoms with Gasteiger partial charge in [-0.2, -0.15) is 0 Å². The Hall–Kier alpha value is -1.54. The van der Waals surface area contributed by atoms with Crippen molar-refractivity contribution in [1.29, 1.82) is 0 Å². The number of nitrogens with two attached hydrogens (primary N) is 1. The molecule has 3 rings (SSSR count). The molecule has 1 heterocycles. The Labute approximate surface area is 166 Å². The molecule has 0 saturated carbocycles. The van der Waals surface area contributed by atoms with Gasteiger partial charge in [-0.05, 0) is 80.0 Å². The monoisotopic (exact) mass is 366 g/mol. The first-order valence-electron chi connectivity index (χ1n) is 11.0. The number of hydrogen-bond acceptors (Lipinski definition) is 2. The summed E-state index contributed by atoms with van der Waals surface area (Å²) in [6, 6.07) is 0.520. The van der Waals surface area contributed by atoms with Crippen LogP contribution in [0.3, 0.4) is 0 Å². The lowest BCUT2D eigenvalue weighted by atomic mass is 9.72. The van der Waals surface area contributed by atoms with Crippen LogP contribution >= 0.6 is 0 Å². The predicted molar refractivity (Wildman–Crippen MR) is 117 cm³/mol. The SMILES string of the molecule is C/C=C\C(=C/N)C1C=CC(C2=CC(C3CC=CCC3)CNC2C(C)C)CC1. The van der Waals surface area contributed by atoms with E-state index in [1.54, 1.807) is 11.8 Å². The van der Waals surface area contributed by atoms with Crippen molar-refractivity contribution < 1.29 is 0 Å². The fourth-order valence-electron chi connectivity index (χ4n) is 5.14. The minimum atomic E-state index is 0.469. The van der Waals surface area contributed by atoms with Gasteiger partial charge in [0.05, 0.1) is 0 Å². The highest BCUT2D eigenvalue weighted by molar-refractivity contribution is 5.30. The topological polar surface area (TPSA) is 38.0 Å². The van der Waals surface area contributed by atoms with Crippen molar-refractivity contribution in [2.24, 2.45) is 35.3 Å². The summed E-state index contributed by atoms with van der Waals surface area (Å²) in [6.07, 6.45) is 24.6. The summed E-state index contributed by atoms with van der Waals surface area (Å²) >= 11 is 0. The first-order chi connectivity index (χ1) is 13.1. The lowest BCUT2D eigenvalue weighted by molar-refractivity contribution is 0.292. The van der Waals surface area contributed by atoms with Crippen LogP contribution in [0.25, 0.3) is 0 Å². The van der Waals surface area contributed by atoms with Gasteiger partial charge in [-0.3, -0.25) is 0 Å². The van der Waals surface area contributed by atoms with Crippen LogP contribution in [0.5, 0.6) is 0 Å². The minimum absolute atomic E-state index is 0.469. The van der Waals surface area contributed by atoms with Crippen molar-refractivity contribution in [2.45, 2.75) is 58.9 Å². The Balaban J connectivity index is 1.78. The Morgan fingerprint density at radius 1 is 1.19 bits per heavy atom. The van der Waals surface area contributed by atoms with Crippen molar-refractivity contribution >= 4 is 0 Å². The van der Waals surface area contributed by atoms with Gasteiger partial charge in [0, 0.05) is 18.5 Å². The zero-order valence-corrected chi connectivity index (χ0v) is 17.4. The van der Waals surface area contributed by atoms with Gasteiger partial charge in [-0.1, -0.05) is 56.4 Å². The predicted octanol–water partition coefficient (Wildman–Crippen LogP) is 5.51. The molecule has 148 valence electrons. The van der Waals surface area contributed by atoms with Crippen molar-refractivity contribution in [3.8, 4) is 0 Å². The van der Waals surface area contributed by atoms with Gasteiger partial charge in [0.25, 0.3) is 0 Å². The molecule has 0 aromatic carbocycles. The van der Waals surface area contributed by atoms with Gasteiger partial charge in [-0.15, -0.1) is 0 Å². The largest absolute Gasteiger partial charge is 0.404 e. The van der Waals surface area contributed by atoms with Crippen molar-refractivity contribution in [1.82, 2.24) is 5.32 Å². The summed E-state index contributed by atoms with van der Waals surface area (Å²) in [5, 5.41) is 3.91. The molecule has 0 aromatic heterocycles. The molecule has 0 saturated heterocycles. The Kier molecular flexibility index (Phi) is 7.18. The Morgan fingerprint density at radius 3 is 2.63 bits per heavy atom. The summed E-state index contributed by atoms with van der Waals surface area (Å²) in [6.45, 7) is 7.91. The molecular weight excluding hydrogens is 328 g/mol. The molecule has 3 N–H and O–H groups in total. The molecule has 27 heavy (non-hydrogen) atoms. The van der Waals surface area contributed by atoms with Crippen LogP contribution in [0.4, 0.5) is 0 Å². The van der Waals surface area contributed by atoms with Crippen molar-refractivity contribution in [3.05, 3.63) is 59.9 Å². The summed E-state index contributed by atoms with van der Waals surface area (Å²) in [4.78, 5) is 0. The number of nitrogens with one attached hydrogen (secondary N) is 1. The molecule has 5 unspecified atom stereocenters. The van der Waals surface area contributed by atoms with Gasteiger partial charge in [-0.25, -0.2) is 0 Å². The van der Waals surface area contributed by atoms with Crippen LogP contribution in [0.15, 0.2) is 59.9 Å². The van der Waals surface area contributed by atoms with Crippen molar-refractivity contribution in [2.75, 3.05) is 6.54 Å². The number of rotatable bonds is 5. The second kappa shape index (κ2) is 9.59. The highest BCUT2D eigenvalue weighted by atomic mass is 14.9. The molecule has 5 atom stereocenters. The van der Waals surface area contributed by atoms with Gasteiger partial charge >= 0.3 is 0 Å². The zero-order chi connectivity index (χ0) is 19.2. The average Bonchev–Trinajstić information content (AvgIpc) is 2.72. The fourth-order valence-corrected chi connectivity index (χ4v) is 5.14. The first-order valence-corrected chi connectivity index (χ1v) is 11.0. The lowest BCUT2D eigenvalue weighted by Crippen LogP contribution is -2.45. The second-order valence-corrected chi connectivity index (χ2v) is 8.85. The molecule has 0 aromatic rings. The molecule has 0 spiro atoms. The molecule has 0 radical (unpaired) electrons. The van der Waals surface area contributed by atoms with Crippen LogP contribution < -0.4 is 11.1 Å². The molecule has 0 fully saturated rings. The molecule has 2 heteroatoms. The maximum Gasteiger partial charge on any atom is 0.0308 e. The third kappa shape index (κ3) is 4.85. The highest BCUT2D eigenvalue weighted by Gasteiger charge is 2.33. The minimum Gasteiger partial charge on any atom is -0.404 e. The highest BCUT2D eigenvalue weighted by Crippen LogP contribution is 2.38. The maximum atomic E-state index is 5.86. The van der Waals surface area contributed by atoms with E-state index in [-0.39, 0.29) is 0 Å². The normalized spacial score (nSPS) is 35.0. The summed E-state index contributed by atoms with van der Waals surface area (Å²) < 4.78 is 0. The summed E-state index contributed by atoms with van der Waals surface area (Å²) in [5.74, 6) is 3.18. The summed E-state index contributed by atoms with van der Waals surface area (Å²) in [7, 11) is 0. The van der Waals surface area contributed by atoms with E-state index in [2.05, 4.69) is 68.6 Å². The molecule has 0 amide bonds. The maximum absolute atomic E-state index is 5.86. The van der Waals surface area contributed by atoms with E-state index in [0.29, 0.717) is 29.7 Å². The van der Waals surface area contributed by atoms with E-state index < -0.39 is 0 Å². The smallest absolute Gasteiger partial charge is 0.0308 e. The quantitative estimate of drug-likeness (QED) is 0.497. The molecule has 2 aliphatic carbocycles. The van der Waals surface area contributed by atoms with Crippen molar-refractivity contribution in [3.63, 3.8) is 0 Å². The second-order valence-electron chi connectivity index (χ2n) is 8.85. The lowest BCUT2D eigenvalue weighted by Gasteiger charge is -2.40. The molecular formula is C25H38N2. The zero-order valence-electron chi connectivity index (χ0n) is 17.4. The van der Waals surface area contributed by atoms with Gasteiger partial charge in [0.2, 0.25) is 0 Å². The fraction of sp³-hybridized carbons (Fsp3) is 0.600. The Morgan fingerprint density at radius 2 is 2.04 bits per heavy atom. The summed E-state index contributed by atoms with van der Waals surface area (Å²) in [5.41, 5.74) is 8.75. The van der Waals surface area contributed by atoms with Gasteiger partial charge in [0.15, 0.2) is 0 Å². The van der Waals surface area contributed by atoms with E-state index >= 15 is 0 Å². The average molecular weight is 367 g/mol. The van der Waals surface area contributed by atoms with E-state index in [4.69, 9.17) is 5.73 Å². The Bertz CT molecular complexity index is 635. The van der Waals surface area contributed by atoms with E-state index in [1.165, 1.54) is 37.7 Å². The van der Waals surface area contributed by atoms with Crippen LogP contribution in [0, 0.1) is 29.6 Å². The molecule has 0 bridgehead atoms. The van der Waals surface area contributed by atoms with Crippen LogP contribution in [-0.4, -0.2) is 12.6 Å². The molecule has 2 nitrogen and oxygen atoms in total.